The maximum Gasteiger partial charge on any atom is 0.416 e. The number of nitrogens with zero attached hydrogens (tertiary/aromatic N) is 1. The number of nitrogens with one attached hydrogen (secondary N) is 1. The van der Waals surface area contributed by atoms with Crippen LogP contribution in [0.5, 0.6) is 0 Å². The topological polar surface area (TPSA) is 15.3 Å². The highest BCUT2D eigenvalue weighted by molar-refractivity contribution is 5.25. The Labute approximate surface area is 124 Å². The van der Waals surface area contributed by atoms with E-state index < -0.39 is 11.7 Å². The van der Waals surface area contributed by atoms with Gasteiger partial charge in [0, 0.05) is 32.2 Å². The van der Waals surface area contributed by atoms with E-state index in [-0.39, 0.29) is 5.41 Å². The standard InChI is InChI=1S/C16H23F3N2/c1-15(2,3)14-11-21(8-7-20-14)10-12-5-4-6-13(9-12)16(17,18)19/h4-6,9,14,20H,7-8,10-11H2,1-3H3. The molecule has 1 aliphatic heterocycles. The van der Waals surface area contributed by atoms with Crippen molar-refractivity contribution in [2.75, 3.05) is 19.6 Å². The molecule has 0 bridgehead atoms. The Hall–Kier alpha value is -1.07. The Bertz CT molecular complexity index is 477. The molecule has 1 aliphatic rings. The van der Waals surface area contributed by atoms with Gasteiger partial charge in [0.25, 0.3) is 0 Å². The molecular formula is C16H23F3N2. The highest BCUT2D eigenvalue weighted by Crippen LogP contribution is 2.30. The number of benzene rings is 1. The summed E-state index contributed by atoms with van der Waals surface area (Å²) in [6.45, 7) is 9.71. The zero-order chi connectivity index (χ0) is 15.7. The van der Waals surface area contributed by atoms with Crippen molar-refractivity contribution in [1.82, 2.24) is 10.2 Å². The second-order valence-corrected chi connectivity index (χ2v) is 6.81. The number of hydrogen-bond donors (Lipinski definition) is 1. The van der Waals surface area contributed by atoms with Gasteiger partial charge < -0.3 is 5.32 Å². The first-order valence-corrected chi connectivity index (χ1v) is 7.28. The molecule has 0 amide bonds. The van der Waals surface area contributed by atoms with Crippen molar-refractivity contribution in [3.63, 3.8) is 0 Å². The smallest absolute Gasteiger partial charge is 0.311 e. The minimum absolute atomic E-state index is 0.145. The molecule has 1 saturated heterocycles. The lowest BCUT2D eigenvalue weighted by Crippen LogP contribution is -2.55. The van der Waals surface area contributed by atoms with Crippen molar-refractivity contribution in [3.8, 4) is 0 Å². The molecule has 1 atom stereocenters. The summed E-state index contributed by atoms with van der Waals surface area (Å²) in [6, 6.07) is 6.00. The van der Waals surface area contributed by atoms with Gasteiger partial charge in [-0.1, -0.05) is 39.0 Å². The number of halogens is 3. The Morgan fingerprint density at radius 3 is 2.57 bits per heavy atom. The van der Waals surface area contributed by atoms with E-state index in [0.717, 1.165) is 31.3 Å². The highest BCUT2D eigenvalue weighted by Gasteiger charge is 2.31. The van der Waals surface area contributed by atoms with Gasteiger partial charge in [0.2, 0.25) is 0 Å². The summed E-state index contributed by atoms with van der Waals surface area (Å²) in [5.41, 5.74) is 0.300. The third-order valence-electron chi connectivity index (χ3n) is 3.97. The zero-order valence-electron chi connectivity index (χ0n) is 12.8. The first-order chi connectivity index (χ1) is 9.66. The summed E-state index contributed by atoms with van der Waals surface area (Å²) in [4.78, 5) is 2.22. The van der Waals surface area contributed by atoms with Gasteiger partial charge in [-0.05, 0) is 17.0 Å². The van der Waals surface area contributed by atoms with Gasteiger partial charge >= 0.3 is 6.18 Å². The second-order valence-electron chi connectivity index (χ2n) is 6.81. The van der Waals surface area contributed by atoms with Gasteiger partial charge in [-0.2, -0.15) is 13.2 Å². The summed E-state index contributed by atoms with van der Waals surface area (Å²) in [7, 11) is 0. The SMILES string of the molecule is CC(C)(C)C1CN(Cc2cccc(C(F)(F)F)c2)CCN1. The van der Waals surface area contributed by atoms with Crippen LogP contribution in [0.4, 0.5) is 13.2 Å². The summed E-state index contributed by atoms with van der Waals surface area (Å²) in [5.74, 6) is 0. The molecule has 1 unspecified atom stereocenters. The minimum atomic E-state index is -4.27. The van der Waals surface area contributed by atoms with Gasteiger partial charge in [-0.15, -0.1) is 0 Å². The second kappa shape index (κ2) is 5.97. The van der Waals surface area contributed by atoms with Gasteiger partial charge in [0.1, 0.15) is 0 Å². The Kier molecular flexibility index (Phi) is 4.63. The molecule has 1 heterocycles. The summed E-state index contributed by atoms with van der Waals surface area (Å²) in [6.07, 6.45) is -4.27. The molecule has 118 valence electrons. The number of piperazine rings is 1. The molecule has 0 saturated carbocycles. The first-order valence-electron chi connectivity index (χ1n) is 7.28. The largest absolute Gasteiger partial charge is 0.416 e. The van der Waals surface area contributed by atoms with Crippen LogP contribution in [0.3, 0.4) is 0 Å². The molecule has 1 aromatic rings. The Morgan fingerprint density at radius 1 is 1.24 bits per heavy atom. The normalized spacial score (nSPS) is 21.5. The van der Waals surface area contributed by atoms with Crippen molar-refractivity contribution in [3.05, 3.63) is 35.4 Å². The lowest BCUT2D eigenvalue weighted by Gasteiger charge is -2.40. The molecule has 5 heteroatoms. The Balaban J connectivity index is 2.05. The molecule has 1 aromatic carbocycles. The van der Waals surface area contributed by atoms with Crippen LogP contribution < -0.4 is 5.32 Å². The van der Waals surface area contributed by atoms with Gasteiger partial charge in [0.05, 0.1) is 5.56 Å². The monoisotopic (exact) mass is 300 g/mol. The van der Waals surface area contributed by atoms with E-state index in [2.05, 4.69) is 31.0 Å². The predicted octanol–water partition coefficient (Wildman–Crippen LogP) is 3.53. The molecule has 0 aromatic heterocycles. The highest BCUT2D eigenvalue weighted by atomic mass is 19.4. The fourth-order valence-corrected chi connectivity index (χ4v) is 2.64. The molecule has 0 aliphatic carbocycles. The summed E-state index contributed by atoms with van der Waals surface area (Å²) in [5, 5.41) is 3.49. The van der Waals surface area contributed by atoms with Crippen molar-refractivity contribution < 1.29 is 13.2 Å². The Morgan fingerprint density at radius 2 is 1.95 bits per heavy atom. The van der Waals surface area contributed by atoms with E-state index in [1.165, 1.54) is 12.1 Å². The van der Waals surface area contributed by atoms with Crippen LogP contribution in [0.1, 0.15) is 31.9 Å². The molecule has 1 fully saturated rings. The van der Waals surface area contributed by atoms with Crippen LogP contribution in [0.25, 0.3) is 0 Å². The van der Waals surface area contributed by atoms with E-state index in [9.17, 15) is 13.2 Å². The van der Waals surface area contributed by atoms with Gasteiger partial charge in [-0.25, -0.2) is 0 Å². The van der Waals surface area contributed by atoms with Crippen LogP contribution >= 0.6 is 0 Å². The zero-order valence-corrected chi connectivity index (χ0v) is 12.8. The predicted molar refractivity (Wildman–Crippen MR) is 78.0 cm³/mol. The van der Waals surface area contributed by atoms with E-state index in [1.807, 2.05) is 0 Å². The number of alkyl halides is 3. The molecule has 0 radical (unpaired) electrons. The van der Waals surface area contributed by atoms with Crippen LogP contribution in [0.15, 0.2) is 24.3 Å². The van der Waals surface area contributed by atoms with Crippen molar-refractivity contribution in [1.29, 1.82) is 0 Å². The van der Waals surface area contributed by atoms with E-state index in [0.29, 0.717) is 12.6 Å². The molecular weight excluding hydrogens is 277 g/mol. The van der Waals surface area contributed by atoms with E-state index >= 15 is 0 Å². The van der Waals surface area contributed by atoms with Crippen LogP contribution in [0.2, 0.25) is 0 Å². The van der Waals surface area contributed by atoms with Crippen LogP contribution in [-0.2, 0) is 12.7 Å². The maximum absolute atomic E-state index is 12.7. The van der Waals surface area contributed by atoms with Crippen molar-refractivity contribution in [2.45, 2.75) is 39.5 Å². The molecule has 21 heavy (non-hydrogen) atoms. The van der Waals surface area contributed by atoms with E-state index in [1.54, 1.807) is 6.07 Å². The molecule has 0 spiro atoms. The third kappa shape index (κ3) is 4.45. The van der Waals surface area contributed by atoms with Crippen molar-refractivity contribution in [2.24, 2.45) is 5.41 Å². The van der Waals surface area contributed by atoms with Crippen LogP contribution in [0, 0.1) is 5.41 Å². The average molecular weight is 300 g/mol. The van der Waals surface area contributed by atoms with Crippen molar-refractivity contribution >= 4 is 0 Å². The fraction of sp³-hybridized carbons (Fsp3) is 0.625. The quantitative estimate of drug-likeness (QED) is 0.899. The average Bonchev–Trinajstić information content (AvgIpc) is 2.37. The van der Waals surface area contributed by atoms with Gasteiger partial charge in [0.15, 0.2) is 0 Å². The minimum Gasteiger partial charge on any atom is -0.311 e. The maximum atomic E-state index is 12.7. The lowest BCUT2D eigenvalue weighted by molar-refractivity contribution is -0.137. The van der Waals surface area contributed by atoms with E-state index in [4.69, 9.17) is 0 Å². The summed E-state index contributed by atoms with van der Waals surface area (Å²) >= 11 is 0. The molecule has 2 rings (SSSR count). The molecule has 2 nitrogen and oxygen atoms in total. The number of rotatable bonds is 2. The first kappa shape index (κ1) is 16.3. The molecule has 1 N–H and O–H groups in total. The van der Waals surface area contributed by atoms with Gasteiger partial charge in [-0.3, -0.25) is 4.90 Å². The number of hydrogen-bond acceptors (Lipinski definition) is 2. The van der Waals surface area contributed by atoms with Crippen LogP contribution in [-0.4, -0.2) is 30.6 Å². The third-order valence-corrected chi connectivity index (χ3v) is 3.97. The fourth-order valence-electron chi connectivity index (χ4n) is 2.64. The lowest BCUT2D eigenvalue weighted by atomic mass is 9.85. The summed E-state index contributed by atoms with van der Waals surface area (Å²) < 4.78 is 38.2.